The molecular formula is C13H12ClN3O2S4. The van der Waals surface area contributed by atoms with Crippen LogP contribution in [0.25, 0.3) is 10.2 Å². The van der Waals surface area contributed by atoms with Crippen LogP contribution in [0.4, 0.5) is 0 Å². The van der Waals surface area contributed by atoms with Gasteiger partial charge in [0, 0.05) is 23.9 Å². The first-order valence-corrected chi connectivity index (χ1v) is 11.2. The first-order chi connectivity index (χ1) is 11.0. The Morgan fingerprint density at radius 2 is 2.22 bits per heavy atom. The molecular weight excluding hydrogens is 394 g/mol. The van der Waals surface area contributed by atoms with Crippen LogP contribution in [-0.2, 0) is 10.0 Å². The average Bonchev–Trinajstić information content (AvgIpc) is 3.13. The fourth-order valence-electron chi connectivity index (χ4n) is 1.85. The molecule has 0 saturated carbocycles. The van der Waals surface area contributed by atoms with Crippen LogP contribution in [0.5, 0.6) is 0 Å². The van der Waals surface area contributed by atoms with Crippen LogP contribution >= 0.6 is 46.0 Å². The number of hydrogen-bond donors (Lipinski definition) is 1. The zero-order valence-corrected chi connectivity index (χ0v) is 15.8. The first kappa shape index (κ1) is 17.1. The second-order valence-corrected chi connectivity index (χ2v) is 10.1. The third-order valence-electron chi connectivity index (χ3n) is 2.89. The maximum Gasteiger partial charge on any atom is 0.240 e. The van der Waals surface area contributed by atoms with E-state index in [2.05, 4.69) is 14.7 Å². The molecule has 0 aliphatic rings. The van der Waals surface area contributed by atoms with Gasteiger partial charge in [0.05, 0.1) is 15.1 Å². The van der Waals surface area contributed by atoms with Gasteiger partial charge in [0.2, 0.25) is 10.0 Å². The summed E-state index contributed by atoms with van der Waals surface area (Å²) < 4.78 is 29.4. The van der Waals surface area contributed by atoms with Gasteiger partial charge < -0.3 is 0 Å². The van der Waals surface area contributed by atoms with Crippen molar-refractivity contribution in [2.75, 3.05) is 12.3 Å². The van der Waals surface area contributed by atoms with Crippen molar-refractivity contribution in [3.63, 3.8) is 0 Å². The summed E-state index contributed by atoms with van der Waals surface area (Å²) in [5.41, 5.74) is 0.707. The molecule has 2 aromatic heterocycles. The van der Waals surface area contributed by atoms with Gasteiger partial charge in [0.15, 0.2) is 4.47 Å². The van der Waals surface area contributed by atoms with Crippen LogP contribution in [-0.4, -0.2) is 30.7 Å². The van der Waals surface area contributed by atoms with Gasteiger partial charge in [0.1, 0.15) is 4.34 Å². The summed E-state index contributed by atoms with van der Waals surface area (Å²) in [6.07, 6.45) is 2.50. The normalized spacial score (nSPS) is 12.0. The molecule has 3 aromatic rings. The minimum Gasteiger partial charge on any atom is -0.238 e. The Morgan fingerprint density at radius 1 is 1.35 bits per heavy atom. The lowest BCUT2D eigenvalue weighted by molar-refractivity contribution is 0.581. The highest BCUT2D eigenvalue weighted by Gasteiger charge is 2.15. The Hall–Kier alpha value is -0.710. The topological polar surface area (TPSA) is 72.0 Å². The van der Waals surface area contributed by atoms with Crippen LogP contribution in [0, 0.1) is 0 Å². The number of thiazole rings is 2. The number of rotatable bonds is 7. The quantitative estimate of drug-likeness (QED) is 0.477. The third kappa shape index (κ3) is 4.43. The molecule has 1 aromatic carbocycles. The van der Waals surface area contributed by atoms with Crippen molar-refractivity contribution in [3.05, 3.63) is 34.2 Å². The smallest absolute Gasteiger partial charge is 0.238 e. The summed E-state index contributed by atoms with van der Waals surface area (Å²) in [7, 11) is -3.51. The van der Waals surface area contributed by atoms with E-state index in [1.807, 2.05) is 5.38 Å². The molecule has 0 bridgehead atoms. The number of fused-ring (bicyclic) bond motifs is 1. The number of benzene rings is 1. The van der Waals surface area contributed by atoms with E-state index in [1.54, 1.807) is 47.5 Å². The van der Waals surface area contributed by atoms with Crippen LogP contribution < -0.4 is 4.72 Å². The predicted octanol–water partition coefficient (Wildman–Crippen LogP) is 3.87. The summed E-state index contributed by atoms with van der Waals surface area (Å²) in [4.78, 5) is 8.51. The minimum atomic E-state index is -3.51. The zero-order valence-electron chi connectivity index (χ0n) is 11.7. The molecule has 0 spiro atoms. The molecule has 1 N–H and O–H groups in total. The van der Waals surface area contributed by atoms with Crippen molar-refractivity contribution in [3.8, 4) is 0 Å². The van der Waals surface area contributed by atoms with Gasteiger partial charge in [-0.1, -0.05) is 23.4 Å². The van der Waals surface area contributed by atoms with Crippen LogP contribution in [0.2, 0.25) is 4.47 Å². The molecule has 3 rings (SSSR count). The van der Waals surface area contributed by atoms with E-state index in [4.69, 9.17) is 11.6 Å². The lowest BCUT2D eigenvalue weighted by atomic mass is 10.3. The monoisotopic (exact) mass is 405 g/mol. The molecule has 23 heavy (non-hydrogen) atoms. The Balaban J connectivity index is 1.57. The Bertz CT molecular complexity index is 893. The largest absolute Gasteiger partial charge is 0.240 e. The lowest BCUT2D eigenvalue weighted by Crippen LogP contribution is -2.25. The lowest BCUT2D eigenvalue weighted by Gasteiger charge is -2.06. The average molecular weight is 406 g/mol. The van der Waals surface area contributed by atoms with Crippen molar-refractivity contribution in [2.45, 2.75) is 15.7 Å². The number of aromatic nitrogens is 2. The standard InChI is InChI=1S/C13H12ClN3O2S4/c14-12-17-10-3-2-9(8-11(10)22-12)23(18,19)16-4-1-6-20-13-15-5-7-21-13/h2-3,5,7-8,16H,1,4,6H2. The van der Waals surface area contributed by atoms with Gasteiger partial charge >= 0.3 is 0 Å². The first-order valence-electron chi connectivity index (χ1n) is 6.63. The molecule has 0 fully saturated rings. The molecule has 0 radical (unpaired) electrons. The molecule has 0 aliphatic carbocycles. The summed E-state index contributed by atoms with van der Waals surface area (Å²) in [5, 5.41) is 1.92. The van der Waals surface area contributed by atoms with Crippen molar-refractivity contribution in [1.29, 1.82) is 0 Å². The molecule has 0 unspecified atom stereocenters. The van der Waals surface area contributed by atoms with Crippen LogP contribution in [0.15, 0.2) is 39.0 Å². The van der Waals surface area contributed by atoms with E-state index in [-0.39, 0.29) is 4.90 Å². The second kappa shape index (κ2) is 7.45. The van der Waals surface area contributed by atoms with Gasteiger partial charge in [-0.25, -0.2) is 23.1 Å². The summed E-state index contributed by atoms with van der Waals surface area (Å²) in [5.74, 6) is 0.819. The maximum atomic E-state index is 12.3. The fourth-order valence-corrected chi connectivity index (χ4v) is 5.74. The Kier molecular flexibility index (Phi) is 5.55. The van der Waals surface area contributed by atoms with Crippen molar-refractivity contribution < 1.29 is 8.42 Å². The highest BCUT2D eigenvalue weighted by molar-refractivity contribution is 8.01. The zero-order chi connectivity index (χ0) is 16.3. The maximum absolute atomic E-state index is 12.3. The SMILES string of the molecule is O=S(=O)(NCCCSc1nccs1)c1ccc2nc(Cl)sc2c1. The van der Waals surface area contributed by atoms with E-state index < -0.39 is 10.0 Å². The highest BCUT2D eigenvalue weighted by atomic mass is 35.5. The molecule has 2 heterocycles. The molecule has 122 valence electrons. The minimum absolute atomic E-state index is 0.234. The number of nitrogens with one attached hydrogen (secondary N) is 1. The summed E-state index contributed by atoms with van der Waals surface area (Å²) in [6, 6.07) is 4.82. The fraction of sp³-hybridized carbons (Fsp3) is 0.231. The summed E-state index contributed by atoms with van der Waals surface area (Å²) in [6.45, 7) is 0.391. The van der Waals surface area contributed by atoms with Crippen molar-refractivity contribution >= 4 is 66.3 Å². The number of nitrogens with zero attached hydrogens (tertiary/aromatic N) is 2. The third-order valence-corrected chi connectivity index (χ3v) is 7.53. The summed E-state index contributed by atoms with van der Waals surface area (Å²) >= 11 is 10.3. The number of halogens is 1. The van der Waals surface area contributed by atoms with E-state index >= 15 is 0 Å². The van der Waals surface area contributed by atoms with Gasteiger partial charge in [-0.3, -0.25) is 0 Å². The van der Waals surface area contributed by atoms with Gasteiger partial charge in [-0.15, -0.1) is 22.7 Å². The number of thioether (sulfide) groups is 1. The van der Waals surface area contributed by atoms with Gasteiger partial charge in [0.25, 0.3) is 0 Å². The molecule has 5 nitrogen and oxygen atoms in total. The van der Waals surface area contributed by atoms with Gasteiger partial charge in [-0.2, -0.15) is 0 Å². The molecule has 0 aliphatic heterocycles. The molecule has 0 amide bonds. The van der Waals surface area contributed by atoms with Crippen molar-refractivity contribution in [2.24, 2.45) is 0 Å². The second-order valence-electron chi connectivity index (χ2n) is 4.49. The van der Waals surface area contributed by atoms with Crippen LogP contribution in [0.1, 0.15) is 6.42 Å². The molecule has 0 atom stereocenters. The number of sulfonamides is 1. The van der Waals surface area contributed by atoms with Crippen LogP contribution in [0.3, 0.4) is 0 Å². The van der Waals surface area contributed by atoms with Crippen molar-refractivity contribution in [1.82, 2.24) is 14.7 Å². The van der Waals surface area contributed by atoms with E-state index in [9.17, 15) is 8.42 Å². The molecule has 10 heteroatoms. The van der Waals surface area contributed by atoms with E-state index in [1.165, 1.54) is 11.3 Å². The highest BCUT2D eigenvalue weighted by Crippen LogP contribution is 2.27. The Labute approximate surface area is 151 Å². The van der Waals surface area contributed by atoms with E-state index in [0.717, 1.165) is 21.2 Å². The van der Waals surface area contributed by atoms with Gasteiger partial charge in [-0.05, 0) is 24.6 Å². The Morgan fingerprint density at radius 3 is 3.00 bits per heavy atom. The molecule has 0 saturated heterocycles. The predicted molar refractivity (Wildman–Crippen MR) is 97.3 cm³/mol. The number of hydrogen-bond acceptors (Lipinski definition) is 7. The van der Waals surface area contributed by atoms with E-state index in [0.29, 0.717) is 16.5 Å².